The Kier molecular flexibility index (Phi) is 3.73. The highest BCUT2D eigenvalue weighted by Crippen LogP contribution is 2.34. The molecule has 4 nitrogen and oxygen atoms in total. The number of carbonyl (C=O) groups is 1. The van der Waals surface area contributed by atoms with Gasteiger partial charge in [-0.25, -0.2) is 0 Å². The van der Waals surface area contributed by atoms with Gasteiger partial charge in [0, 0.05) is 6.04 Å². The van der Waals surface area contributed by atoms with E-state index in [0.717, 1.165) is 45.3 Å². The van der Waals surface area contributed by atoms with Crippen LogP contribution in [0.2, 0.25) is 0 Å². The summed E-state index contributed by atoms with van der Waals surface area (Å²) in [7, 11) is 2.16. The first-order chi connectivity index (χ1) is 8.04. The van der Waals surface area contributed by atoms with Gasteiger partial charge in [0.1, 0.15) is 5.54 Å². The minimum absolute atomic E-state index is 0.462. The fraction of sp³-hybridized carbons (Fsp3) is 0.923. The van der Waals surface area contributed by atoms with Crippen LogP contribution >= 0.6 is 0 Å². The van der Waals surface area contributed by atoms with E-state index in [0.29, 0.717) is 6.04 Å². The van der Waals surface area contributed by atoms with Crippen LogP contribution in [0.25, 0.3) is 0 Å². The van der Waals surface area contributed by atoms with Crippen LogP contribution in [0.4, 0.5) is 0 Å². The molecule has 0 bridgehead atoms. The number of hydrogen-bond donors (Lipinski definition) is 1. The van der Waals surface area contributed by atoms with Crippen LogP contribution in [-0.2, 0) is 4.79 Å². The van der Waals surface area contributed by atoms with Gasteiger partial charge < -0.3 is 10.0 Å². The van der Waals surface area contributed by atoms with Gasteiger partial charge in [0.2, 0.25) is 0 Å². The molecule has 0 amide bonds. The van der Waals surface area contributed by atoms with Gasteiger partial charge in [0.15, 0.2) is 0 Å². The fourth-order valence-corrected chi connectivity index (χ4v) is 3.33. The number of rotatable bonds is 2. The summed E-state index contributed by atoms with van der Waals surface area (Å²) in [4.78, 5) is 16.1. The van der Waals surface area contributed by atoms with Crippen LogP contribution in [-0.4, -0.2) is 59.1 Å². The standard InChI is InChI=1S/C13H24N2O2/c1-13(12(16)17)7-4-9-15(13)11-5-3-8-14(2)10-6-11/h11H,3-10H2,1-2H3,(H,16,17). The third kappa shape index (κ3) is 2.47. The van der Waals surface area contributed by atoms with Crippen molar-refractivity contribution in [3.05, 3.63) is 0 Å². The largest absolute Gasteiger partial charge is 0.480 e. The second kappa shape index (κ2) is 4.94. The van der Waals surface area contributed by atoms with Crippen molar-refractivity contribution >= 4 is 5.97 Å². The van der Waals surface area contributed by atoms with E-state index in [1.165, 1.54) is 6.42 Å². The van der Waals surface area contributed by atoms with E-state index >= 15 is 0 Å². The van der Waals surface area contributed by atoms with Crippen molar-refractivity contribution in [1.82, 2.24) is 9.80 Å². The second-order valence-electron chi connectivity index (χ2n) is 5.76. The summed E-state index contributed by atoms with van der Waals surface area (Å²) in [5.41, 5.74) is -0.617. The predicted molar refractivity (Wildman–Crippen MR) is 67.1 cm³/mol. The number of aliphatic carboxylic acids is 1. The van der Waals surface area contributed by atoms with Crippen LogP contribution in [0.1, 0.15) is 39.0 Å². The third-order valence-electron chi connectivity index (χ3n) is 4.52. The topological polar surface area (TPSA) is 43.8 Å². The molecule has 0 aromatic heterocycles. The molecule has 2 rings (SSSR count). The monoisotopic (exact) mass is 240 g/mol. The van der Waals surface area contributed by atoms with E-state index in [2.05, 4.69) is 16.8 Å². The van der Waals surface area contributed by atoms with Crippen LogP contribution in [0.3, 0.4) is 0 Å². The first-order valence-corrected chi connectivity index (χ1v) is 6.73. The van der Waals surface area contributed by atoms with Crippen molar-refractivity contribution in [2.75, 3.05) is 26.7 Å². The van der Waals surface area contributed by atoms with Gasteiger partial charge in [0.25, 0.3) is 0 Å². The van der Waals surface area contributed by atoms with Gasteiger partial charge in [-0.15, -0.1) is 0 Å². The Morgan fingerprint density at radius 2 is 2.00 bits per heavy atom. The van der Waals surface area contributed by atoms with Crippen LogP contribution in [0.15, 0.2) is 0 Å². The summed E-state index contributed by atoms with van der Waals surface area (Å²) >= 11 is 0. The molecule has 2 aliphatic rings. The van der Waals surface area contributed by atoms with E-state index in [1.54, 1.807) is 0 Å². The highest BCUT2D eigenvalue weighted by Gasteiger charge is 2.46. The number of likely N-dealkylation sites (tertiary alicyclic amines) is 2. The number of nitrogens with zero attached hydrogens (tertiary/aromatic N) is 2. The first kappa shape index (κ1) is 12.8. The maximum atomic E-state index is 11.5. The van der Waals surface area contributed by atoms with Gasteiger partial charge in [-0.3, -0.25) is 9.69 Å². The van der Waals surface area contributed by atoms with Crippen molar-refractivity contribution in [2.45, 2.75) is 50.6 Å². The molecule has 0 aromatic carbocycles. The Hall–Kier alpha value is -0.610. The molecule has 0 aliphatic carbocycles. The molecule has 2 fully saturated rings. The lowest BCUT2D eigenvalue weighted by Crippen LogP contribution is -2.52. The van der Waals surface area contributed by atoms with Gasteiger partial charge in [-0.05, 0) is 65.7 Å². The lowest BCUT2D eigenvalue weighted by Gasteiger charge is -2.37. The summed E-state index contributed by atoms with van der Waals surface area (Å²) in [6.07, 6.45) is 5.27. The summed E-state index contributed by atoms with van der Waals surface area (Å²) in [5, 5.41) is 9.44. The quantitative estimate of drug-likeness (QED) is 0.792. The Balaban J connectivity index is 2.08. The average Bonchev–Trinajstić information content (AvgIpc) is 2.54. The maximum Gasteiger partial charge on any atom is 0.323 e. The molecular weight excluding hydrogens is 216 g/mol. The minimum Gasteiger partial charge on any atom is -0.480 e. The molecule has 2 aliphatic heterocycles. The molecule has 2 saturated heterocycles. The van der Waals surface area contributed by atoms with Gasteiger partial charge in [0.05, 0.1) is 0 Å². The van der Waals surface area contributed by atoms with Crippen molar-refractivity contribution < 1.29 is 9.90 Å². The van der Waals surface area contributed by atoms with E-state index in [-0.39, 0.29) is 0 Å². The van der Waals surface area contributed by atoms with E-state index in [1.807, 2.05) is 6.92 Å². The summed E-state index contributed by atoms with van der Waals surface area (Å²) in [6.45, 7) is 5.10. The highest BCUT2D eigenvalue weighted by molar-refractivity contribution is 5.78. The molecule has 2 unspecified atom stereocenters. The Morgan fingerprint density at radius 1 is 1.24 bits per heavy atom. The average molecular weight is 240 g/mol. The minimum atomic E-state index is -0.646. The zero-order chi connectivity index (χ0) is 12.5. The fourth-order valence-electron chi connectivity index (χ4n) is 3.33. The number of carboxylic acid groups (broad SMARTS) is 1. The van der Waals surface area contributed by atoms with Gasteiger partial charge >= 0.3 is 5.97 Å². The van der Waals surface area contributed by atoms with Crippen molar-refractivity contribution in [2.24, 2.45) is 0 Å². The van der Waals surface area contributed by atoms with Crippen molar-refractivity contribution in [3.63, 3.8) is 0 Å². The van der Waals surface area contributed by atoms with Crippen LogP contribution < -0.4 is 0 Å². The van der Waals surface area contributed by atoms with Crippen molar-refractivity contribution in [3.8, 4) is 0 Å². The molecule has 0 saturated carbocycles. The molecule has 17 heavy (non-hydrogen) atoms. The SMILES string of the molecule is CN1CCCC(N2CCCC2(C)C(=O)O)CC1. The Morgan fingerprint density at radius 3 is 2.71 bits per heavy atom. The number of carboxylic acids is 1. The molecule has 1 N–H and O–H groups in total. The van der Waals surface area contributed by atoms with E-state index < -0.39 is 11.5 Å². The lowest BCUT2D eigenvalue weighted by atomic mass is 9.96. The number of hydrogen-bond acceptors (Lipinski definition) is 3. The summed E-state index contributed by atoms with van der Waals surface area (Å²) < 4.78 is 0. The predicted octanol–water partition coefficient (Wildman–Crippen LogP) is 1.41. The third-order valence-corrected chi connectivity index (χ3v) is 4.52. The highest BCUT2D eigenvalue weighted by atomic mass is 16.4. The zero-order valence-electron chi connectivity index (χ0n) is 11.0. The van der Waals surface area contributed by atoms with E-state index in [9.17, 15) is 9.90 Å². The van der Waals surface area contributed by atoms with Gasteiger partial charge in [-0.1, -0.05) is 0 Å². The van der Waals surface area contributed by atoms with Crippen LogP contribution in [0, 0.1) is 0 Å². The molecule has 2 atom stereocenters. The maximum absolute atomic E-state index is 11.5. The molecule has 98 valence electrons. The summed E-state index contributed by atoms with van der Waals surface area (Å²) in [6, 6.07) is 0.462. The molecule has 4 heteroatoms. The summed E-state index contributed by atoms with van der Waals surface area (Å²) in [5.74, 6) is -0.646. The molecular formula is C13H24N2O2. The molecule has 0 aromatic rings. The smallest absolute Gasteiger partial charge is 0.323 e. The zero-order valence-corrected chi connectivity index (χ0v) is 11.0. The van der Waals surface area contributed by atoms with E-state index in [4.69, 9.17) is 0 Å². The first-order valence-electron chi connectivity index (χ1n) is 6.73. The Labute approximate surface area is 104 Å². The van der Waals surface area contributed by atoms with Crippen LogP contribution in [0.5, 0.6) is 0 Å². The molecule has 2 heterocycles. The Bertz CT molecular complexity index is 295. The van der Waals surface area contributed by atoms with Crippen molar-refractivity contribution in [1.29, 1.82) is 0 Å². The normalized spacial score (nSPS) is 36.9. The van der Waals surface area contributed by atoms with Gasteiger partial charge in [-0.2, -0.15) is 0 Å². The lowest BCUT2D eigenvalue weighted by molar-refractivity contribution is -0.150. The molecule has 0 radical (unpaired) electrons. The molecule has 0 spiro atoms. The second-order valence-corrected chi connectivity index (χ2v) is 5.76.